The smallest absolute Gasteiger partial charge is 0.460 e. The van der Waals surface area contributed by atoms with Gasteiger partial charge in [0.2, 0.25) is 0 Å². The van der Waals surface area contributed by atoms with Crippen LogP contribution in [0, 0.1) is 5.92 Å². The van der Waals surface area contributed by atoms with Crippen LogP contribution in [0.2, 0.25) is 0 Å². The van der Waals surface area contributed by atoms with Crippen molar-refractivity contribution in [3.05, 3.63) is 35.4 Å². The van der Waals surface area contributed by atoms with Gasteiger partial charge in [0.1, 0.15) is 25.7 Å². The molecule has 1 fully saturated rings. The molecule has 1 aromatic rings. The van der Waals surface area contributed by atoms with Gasteiger partial charge in [-0.15, -0.1) is 0 Å². The van der Waals surface area contributed by atoms with Crippen molar-refractivity contribution in [1.82, 2.24) is 4.90 Å². The molecular formula is C17H23NO7. The van der Waals surface area contributed by atoms with E-state index in [4.69, 9.17) is 14.9 Å². The van der Waals surface area contributed by atoms with Crippen LogP contribution in [0.15, 0.2) is 24.3 Å². The van der Waals surface area contributed by atoms with Gasteiger partial charge < -0.3 is 24.4 Å². The van der Waals surface area contributed by atoms with E-state index in [9.17, 15) is 9.59 Å². The maximum absolute atomic E-state index is 11.9. The Kier molecular flexibility index (Phi) is 7.65. The standard InChI is InChI=1S/C17H23NO7/c19-7-5-18(6-8-20)9-13-1-3-14(4-2-13)10-23-16(21)15-11-24-17(22)25-12-15/h1-4,15,19-20H,5-12H2. The Morgan fingerprint density at radius 1 is 1.08 bits per heavy atom. The SMILES string of the molecule is O=C1OCC(C(=O)OCc2ccc(CN(CCO)CCO)cc2)CO1. The summed E-state index contributed by atoms with van der Waals surface area (Å²) in [5.74, 6) is -1.06. The Balaban J connectivity index is 1.79. The lowest BCUT2D eigenvalue weighted by molar-refractivity contribution is -0.156. The minimum Gasteiger partial charge on any atom is -0.460 e. The number of aliphatic hydroxyl groups excluding tert-OH is 2. The third-order valence-corrected chi connectivity index (χ3v) is 3.78. The average molecular weight is 353 g/mol. The van der Waals surface area contributed by atoms with Crippen molar-refractivity contribution in [2.45, 2.75) is 13.2 Å². The van der Waals surface area contributed by atoms with E-state index in [0.29, 0.717) is 19.6 Å². The van der Waals surface area contributed by atoms with Crippen molar-refractivity contribution < 1.29 is 34.0 Å². The number of rotatable bonds is 9. The van der Waals surface area contributed by atoms with Gasteiger partial charge in [0.15, 0.2) is 0 Å². The Morgan fingerprint density at radius 2 is 1.64 bits per heavy atom. The van der Waals surface area contributed by atoms with Crippen molar-refractivity contribution in [1.29, 1.82) is 0 Å². The molecule has 138 valence electrons. The van der Waals surface area contributed by atoms with E-state index < -0.39 is 18.0 Å². The molecule has 0 saturated carbocycles. The van der Waals surface area contributed by atoms with Gasteiger partial charge >= 0.3 is 12.1 Å². The molecule has 0 unspecified atom stereocenters. The Morgan fingerprint density at radius 3 is 2.20 bits per heavy atom. The summed E-state index contributed by atoms with van der Waals surface area (Å²) in [6.07, 6.45) is -0.768. The predicted octanol–water partition coefficient (Wildman–Crippen LogP) is 0.299. The number of hydrogen-bond donors (Lipinski definition) is 2. The van der Waals surface area contributed by atoms with Crippen molar-refractivity contribution in [3.63, 3.8) is 0 Å². The highest BCUT2D eigenvalue weighted by atomic mass is 16.7. The number of carbonyl (C=O) groups excluding carboxylic acids is 2. The highest BCUT2D eigenvalue weighted by Gasteiger charge is 2.28. The van der Waals surface area contributed by atoms with Gasteiger partial charge in [-0.1, -0.05) is 24.3 Å². The summed E-state index contributed by atoms with van der Waals surface area (Å²) in [4.78, 5) is 24.6. The van der Waals surface area contributed by atoms with Crippen LogP contribution < -0.4 is 0 Å². The van der Waals surface area contributed by atoms with E-state index in [2.05, 4.69) is 9.47 Å². The number of hydrogen-bond acceptors (Lipinski definition) is 8. The van der Waals surface area contributed by atoms with Crippen LogP contribution in [-0.4, -0.2) is 66.8 Å². The molecule has 0 bridgehead atoms. The Bertz CT molecular complexity index is 545. The van der Waals surface area contributed by atoms with Crippen LogP contribution in [-0.2, 0) is 32.2 Å². The summed E-state index contributed by atoms with van der Waals surface area (Å²) in [6.45, 7) is 1.75. The number of cyclic esters (lactones) is 2. The van der Waals surface area contributed by atoms with Crippen LogP contribution in [0.5, 0.6) is 0 Å². The summed E-state index contributed by atoms with van der Waals surface area (Å²) in [5.41, 5.74) is 1.87. The van der Waals surface area contributed by atoms with Crippen molar-refractivity contribution in [2.24, 2.45) is 5.92 Å². The number of benzene rings is 1. The highest BCUT2D eigenvalue weighted by molar-refractivity contribution is 5.74. The second kappa shape index (κ2) is 9.97. The van der Waals surface area contributed by atoms with Gasteiger partial charge in [-0.25, -0.2) is 4.79 Å². The maximum atomic E-state index is 11.9. The van der Waals surface area contributed by atoms with E-state index in [-0.39, 0.29) is 33.0 Å². The third kappa shape index (κ3) is 6.33. The lowest BCUT2D eigenvalue weighted by Crippen LogP contribution is -2.34. The fourth-order valence-corrected chi connectivity index (χ4v) is 2.39. The van der Waals surface area contributed by atoms with E-state index >= 15 is 0 Å². The predicted molar refractivity (Wildman–Crippen MR) is 86.5 cm³/mol. The first-order valence-electron chi connectivity index (χ1n) is 8.10. The topological polar surface area (TPSA) is 106 Å². The van der Waals surface area contributed by atoms with Gasteiger partial charge in [0.05, 0.1) is 13.2 Å². The summed E-state index contributed by atoms with van der Waals surface area (Å²) < 4.78 is 14.5. The molecule has 1 aliphatic rings. The Hall–Kier alpha value is -2.16. The second-order valence-corrected chi connectivity index (χ2v) is 5.72. The van der Waals surface area contributed by atoms with Crippen LogP contribution in [0.1, 0.15) is 11.1 Å². The summed E-state index contributed by atoms with van der Waals surface area (Å²) in [5, 5.41) is 18.0. The molecule has 8 heteroatoms. The van der Waals surface area contributed by atoms with Gasteiger partial charge in [-0.05, 0) is 11.1 Å². The molecule has 8 nitrogen and oxygen atoms in total. The van der Waals surface area contributed by atoms with Crippen LogP contribution in [0.3, 0.4) is 0 Å². The normalized spacial score (nSPS) is 14.9. The first-order valence-corrected chi connectivity index (χ1v) is 8.10. The molecule has 0 spiro atoms. The van der Waals surface area contributed by atoms with E-state index in [1.54, 1.807) is 0 Å². The van der Waals surface area contributed by atoms with Crippen LogP contribution in [0.25, 0.3) is 0 Å². The number of ether oxygens (including phenoxy) is 3. The lowest BCUT2D eigenvalue weighted by atomic mass is 10.1. The third-order valence-electron chi connectivity index (χ3n) is 3.78. The monoisotopic (exact) mass is 353 g/mol. The molecule has 1 aliphatic heterocycles. The molecule has 0 radical (unpaired) electrons. The van der Waals surface area contributed by atoms with Crippen LogP contribution >= 0.6 is 0 Å². The first kappa shape index (κ1) is 19.2. The zero-order valence-electron chi connectivity index (χ0n) is 13.9. The zero-order valence-corrected chi connectivity index (χ0v) is 13.9. The van der Waals surface area contributed by atoms with Gasteiger partial charge in [0.25, 0.3) is 0 Å². The first-order chi connectivity index (χ1) is 12.1. The Labute approximate surface area is 145 Å². The molecule has 2 N–H and O–H groups in total. The number of esters is 1. The second-order valence-electron chi connectivity index (χ2n) is 5.72. The molecule has 0 aliphatic carbocycles. The average Bonchev–Trinajstić information content (AvgIpc) is 2.62. The lowest BCUT2D eigenvalue weighted by Gasteiger charge is -2.21. The zero-order chi connectivity index (χ0) is 18.1. The van der Waals surface area contributed by atoms with Crippen LogP contribution in [0.4, 0.5) is 4.79 Å². The largest absolute Gasteiger partial charge is 0.508 e. The van der Waals surface area contributed by atoms with E-state index in [0.717, 1.165) is 11.1 Å². The molecule has 2 rings (SSSR count). The molecule has 25 heavy (non-hydrogen) atoms. The molecule has 0 atom stereocenters. The quantitative estimate of drug-likeness (QED) is 0.611. The highest BCUT2D eigenvalue weighted by Crippen LogP contribution is 2.12. The summed E-state index contributed by atoms with van der Waals surface area (Å²) in [7, 11) is 0. The molecule has 1 heterocycles. The summed E-state index contributed by atoms with van der Waals surface area (Å²) in [6, 6.07) is 7.54. The molecule has 1 aromatic carbocycles. The fourth-order valence-electron chi connectivity index (χ4n) is 2.39. The van der Waals surface area contributed by atoms with Gasteiger partial charge in [0, 0.05) is 19.6 Å². The van der Waals surface area contributed by atoms with Crippen molar-refractivity contribution >= 4 is 12.1 Å². The number of nitrogens with zero attached hydrogens (tertiary/aromatic N) is 1. The van der Waals surface area contributed by atoms with Crippen molar-refractivity contribution in [3.8, 4) is 0 Å². The van der Waals surface area contributed by atoms with E-state index in [1.165, 1.54) is 0 Å². The van der Waals surface area contributed by atoms with E-state index in [1.807, 2.05) is 29.2 Å². The van der Waals surface area contributed by atoms with Gasteiger partial charge in [-0.2, -0.15) is 0 Å². The number of carbonyl (C=O) groups is 2. The molecule has 1 saturated heterocycles. The molecule has 0 amide bonds. The summed E-state index contributed by atoms with van der Waals surface area (Å²) >= 11 is 0. The molecule has 0 aromatic heterocycles. The minimum atomic E-state index is -0.768. The number of aliphatic hydroxyl groups is 2. The fraction of sp³-hybridized carbons (Fsp3) is 0.529. The van der Waals surface area contributed by atoms with Gasteiger partial charge in [-0.3, -0.25) is 9.69 Å². The maximum Gasteiger partial charge on any atom is 0.508 e. The minimum absolute atomic E-state index is 0.0256. The molecular weight excluding hydrogens is 330 g/mol. The van der Waals surface area contributed by atoms with Crippen molar-refractivity contribution in [2.75, 3.05) is 39.5 Å².